The lowest BCUT2D eigenvalue weighted by molar-refractivity contribution is -0.152. The number of piperidine rings is 1. The van der Waals surface area contributed by atoms with Gasteiger partial charge in [-0.05, 0) is 81.0 Å². The first-order valence-electron chi connectivity index (χ1n) is 12.8. The molecule has 6 nitrogen and oxygen atoms in total. The Bertz CT molecular complexity index is 1140. The number of likely N-dealkylation sites (tertiary alicyclic amines) is 1. The minimum absolute atomic E-state index is 0.118. The van der Waals surface area contributed by atoms with Crippen molar-refractivity contribution in [3.63, 3.8) is 0 Å². The Hall–Kier alpha value is -3.19. The maximum absolute atomic E-state index is 14.8. The number of fused-ring (bicyclic) bond motifs is 1. The zero-order chi connectivity index (χ0) is 25.3. The van der Waals surface area contributed by atoms with Gasteiger partial charge in [0.15, 0.2) is 0 Å². The fourth-order valence-corrected chi connectivity index (χ4v) is 5.10. The molecule has 1 aliphatic heterocycles. The van der Waals surface area contributed by atoms with Gasteiger partial charge in [-0.2, -0.15) is 0 Å². The highest BCUT2D eigenvalue weighted by atomic mass is 19.1. The van der Waals surface area contributed by atoms with E-state index in [1.165, 1.54) is 6.20 Å². The number of esters is 1. The minimum Gasteiger partial charge on any atom is -0.497 e. The third-order valence-electron chi connectivity index (χ3n) is 6.96. The van der Waals surface area contributed by atoms with Crippen LogP contribution in [-0.2, 0) is 16.0 Å². The molecule has 2 unspecified atom stereocenters. The number of ether oxygens (including phenoxy) is 3. The zero-order valence-electron chi connectivity index (χ0n) is 21.1. The van der Waals surface area contributed by atoms with Crippen LogP contribution >= 0.6 is 0 Å². The number of halogens is 1. The standard InChI is InChI=1S/C29H35FN2O4/c1-3-35-29(33)24-14-15-32(16-17-36-22-9-5-4-6-10-22)20-21(24)8-7-11-25-26-18-23(34-2)12-13-28(26)31-19-27(25)30/h4-6,9-10,12-13,18-19,21,24H,3,7-8,11,14-17,20H2,1-2H3. The Morgan fingerprint density at radius 1 is 1.17 bits per heavy atom. The summed E-state index contributed by atoms with van der Waals surface area (Å²) in [6.45, 7) is 5.25. The molecule has 2 heterocycles. The van der Waals surface area contributed by atoms with E-state index in [1.54, 1.807) is 7.11 Å². The molecule has 192 valence electrons. The normalized spacial score (nSPS) is 18.2. The van der Waals surface area contributed by atoms with Gasteiger partial charge in [0.1, 0.15) is 23.9 Å². The van der Waals surface area contributed by atoms with Crippen molar-refractivity contribution < 1.29 is 23.4 Å². The summed E-state index contributed by atoms with van der Waals surface area (Å²) in [5.74, 6) is 1.14. The van der Waals surface area contributed by atoms with Gasteiger partial charge in [0.25, 0.3) is 0 Å². The molecular weight excluding hydrogens is 459 g/mol. The molecule has 2 atom stereocenters. The van der Waals surface area contributed by atoms with E-state index in [0.717, 1.165) is 55.5 Å². The van der Waals surface area contributed by atoms with Gasteiger partial charge in [-0.25, -0.2) is 4.39 Å². The first kappa shape index (κ1) is 25.9. The molecular formula is C29H35FN2O4. The van der Waals surface area contributed by atoms with Gasteiger partial charge >= 0.3 is 5.97 Å². The van der Waals surface area contributed by atoms with Crippen LogP contribution in [0.15, 0.2) is 54.7 Å². The average Bonchev–Trinajstić information content (AvgIpc) is 2.90. The van der Waals surface area contributed by atoms with E-state index in [4.69, 9.17) is 14.2 Å². The molecule has 0 bridgehead atoms. The number of nitrogens with zero attached hydrogens (tertiary/aromatic N) is 2. The number of pyridine rings is 1. The molecule has 0 aliphatic carbocycles. The van der Waals surface area contributed by atoms with Crippen LogP contribution in [0.25, 0.3) is 10.9 Å². The zero-order valence-corrected chi connectivity index (χ0v) is 21.1. The van der Waals surface area contributed by atoms with E-state index in [-0.39, 0.29) is 23.6 Å². The van der Waals surface area contributed by atoms with Crippen molar-refractivity contribution in [3.8, 4) is 11.5 Å². The number of para-hydroxylation sites is 1. The molecule has 0 saturated carbocycles. The number of hydrogen-bond donors (Lipinski definition) is 0. The number of rotatable bonds is 11. The predicted octanol–water partition coefficient (Wildman–Crippen LogP) is 5.29. The molecule has 0 N–H and O–H groups in total. The third kappa shape index (κ3) is 6.52. The molecule has 36 heavy (non-hydrogen) atoms. The van der Waals surface area contributed by atoms with Gasteiger partial charge in [-0.15, -0.1) is 0 Å². The highest BCUT2D eigenvalue weighted by molar-refractivity contribution is 5.83. The van der Waals surface area contributed by atoms with Crippen molar-refractivity contribution in [2.24, 2.45) is 11.8 Å². The van der Waals surface area contributed by atoms with Gasteiger partial charge in [-0.1, -0.05) is 18.2 Å². The third-order valence-corrected chi connectivity index (χ3v) is 6.96. The number of carbonyl (C=O) groups is 1. The molecule has 3 aromatic rings. The Labute approximate surface area is 212 Å². The summed E-state index contributed by atoms with van der Waals surface area (Å²) in [4.78, 5) is 19.3. The molecule has 1 fully saturated rings. The molecule has 1 aromatic heterocycles. The van der Waals surface area contributed by atoms with Crippen molar-refractivity contribution in [2.75, 3.05) is 40.0 Å². The first-order valence-corrected chi connectivity index (χ1v) is 12.8. The Morgan fingerprint density at radius 2 is 2.00 bits per heavy atom. The van der Waals surface area contributed by atoms with Crippen LogP contribution in [0, 0.1) is 17.7 Å². The summed E-state index contributed by atoms with van der Waals surface area (Å²) in [7, 11) is 1.60. The van der Waals surface area contributed by atoms with Crippen LogP contribution in [0.3, 0.4) is 0 Å². The SMILES string of the molecule is CCOC(=O)C1CCN(CCOc2ccccc2)CC1CCCc1c(F)cnc2ccc(OC)cc12. The van der Waals surface area contributed by atoms with E-state index in [0.29, 0.717) is 30.9 Å². The van der Waals surface area contributed by atoms with Crippen molar-refractivity contribution in [1.29, 1.82) is 0 Å². The number of aromatic nitrogens is 1. The Balaban J connectivity index is 1.40. The van der Waals surface area contributed by atoms with Gasteiger partial charge in [0, 0.05) is 18.5 Å². The number of hydrogen-bond acceptors (Lipinski definition) is 6. The van der Waals surface area contributed by atoms with Crippen LogP contribution in [0.5, 0.6) is 11.5 Å². The van der Waals surface area contributed by atoms with E-state index in [2.05, 4.69) is 9.88 Å². The van der Waals surface area contributed by atoms with Gasteiger partial charge < -0.3 is 14.2 Å². The van der Waals surface area contributed by atoms with E-state index < -0.39 is 0 Å². The molecule has 1 saturated heterocycles. The molecule has 4 rings (SSSR count). The average molecular weight is 495 g/mol. The smallest absolute Gasteiger partial charge is 0.309 e. The number of benzene rings is 2. The lowest BCUT2D eigenvalue weighted by atomic mass is 9.81. The highest BCUT2D eigenvalue weighted by Crippen LogP contribution is 2.31. The lowest BCUT2D eigenvalue weighted by Crippen LogP contribution is -2.45. The van der Waals surface area contributed by atoms with Gasteiger partial charge in [0.05, 0.1) is 31.3 Å². The van der Waals surface area contributed by atoms with Crippen LogP contribution in [-0.4, -0.2) is 55.8 Å². The van der Waals surface area contributed by atoms with Crippen LogP contribution in [0.4, 0.5) is 4.39 Å². The molecule has 7 heteroatoms. The number of aryl methyl sites for hydroxylation is 1. The molecule has 1 aliphatic rings. The van der Waals surface area contributed by atoms with Gasteiger partial charge in [-0.3, -0.25) is 14.7 Å². The summed E-state index contributed by atoms with van der Waals surface area (Å²) in [5, 5.41) is 0.777. The van der Waals surface area contributed by atoms with Crippen molar-refractivity contribution in [3.05, 3.63) is 66.1 Å². The molecule has 0 spiro atoms. The maximum atomic E-state index is 14.8. The van der Waals surface area contributed by atoms with Crippen LogP contribution in [0.1, 0.15) is 31.7 Å². The van der Waals surface area contributed by atoms with Crippen molar-refractivity contribution >= 4 is 16.9 Å². The summed E-state index contributed by atoms with van der Waals surface area (Å²) in [6.07, 6.45) is 4.20. The van der Waals surface area contributed by atoms with Crippen LogP contribution < -0.4 is 9.47 Å². The summed E-state index contributed by atoms with van der Waals surface area (Å²) < 4.78 is 31.4. The largest absolute Gasteiger partial charge is 0.497 e. The quantitative estimate of drug-likeness (QED) is 0.338. The topological polar surface area (TPSA) is 60.9 Å². The van der Waals surface area contributed by atoms with E-state index >= 15 is 0 Å². The fourth-order valence-electron chi connectivity index (χ4n) is 5.10. The molecule has 0 radical (unpaired) electrons. The second kappa shape index (κ2) is 12.7. The van der Waals surface area contributed by atoms with Crippen molar-refractivity contribution in [1.82, 2.24) is 9.88 Å². The molecule has 2 aromatic carbocycles. The predicted molar refractivity (Wildman–Crippen MR) is 138 cm³/mol. The summed E-state index contributed by atoms with van der Waals surface area (Å²) >= 11 is 0. The summed E-state index contributed by atoms with van der Waals surface area (Å²) in [5.41, 5.74) is 1.40. The monoisotopic (exact) mass is 494 g/mol. The van der Waals surface area contributed by atoms with Gasteiger partial charge in [0.2, 0.25) is 0 Å². The second-order valence-electron chi connectivity index (χ2n) is 9.23. The molecule has 0 amide bonds. The first-order chi connectivity index (χ1) is 17.6. The lowest BCUT2D eigenvalue weighted by Gasteiger charge is -2.37. The number of methoxy groups -OCH3 is 1. The minimum atomic E-state index is -0.305. The van der Waals surface area contributed by atoms with Crippen LogP contribution in [0.2, 0.25) is 0 Å². The van der Waals surface area contributed by atoms with E-state index in [1.807, 2.05) is 55.5 Å². The maximum Gasteiger partial charge on any atom is 0.309 e. The van der Waals surface area contributed by atoms with E-state index in [9.17, 15) is 9.18 Å². The highest BCUT2D eigenvalue weighted by Gasteiger charge is 2.34. The summed E-state index contributed by atoms with van der Waals surface area (Å²) in [6, 6.07) is 15.3. The Kier molecular flexibility index (Phi) is 9.11. The second-order valence-corrected chi connectivity index (χ2v) is 9.23. The Morgan fingerprint density at radius 3 is 2.78 bits per heavy atom. The number of carbonyl (C=O) groups excluding carboxylic acids is 1. The fraction of sp³-hybridized carbons (Fsp3) is 0.448. The van der Waals surface area contributed by atoms with Crippen molar-refractivity contribution in [2.45, 2.75) is 32.6 Å².